The Morgan fingerprint density at radius 2 is 1.90 bits per heavy atom. The first-order valence-corrected chi connectivity index (χ1v) is 8.74. The molecule has 0 bridgehead atoms. The number of Topliss-reactive ketones (excluding diaryl/α,β-unsaturated/α-hetero) is 1. The summed E-state index contributed by atoms with van der Waals surface area (Å²) in [5.41, 5.74) is 0.583. The molecule has 20 heavy (non-hydrogen) atoms. The number of allylic oxidation sites excluding steroid dienone is 2. The van der Waals surface area contributed by atoms with Crippen molar-refractivity contribution in [2.45, 2.75) is 65.2 Å². The molecule has 4 rings (SSSR count). The van der Waals surface area contributed by atoms with Crippen LogP contribution in [-0.2, 0) is 4.79 Å². The van der Waals surface area contributed by atoms with E-state index in [0.717, 1.165) is 24.2 Å². The number of carbonyl (C=O) groups is 1. The van der Waals surface area contributed by atoms with Crippen molar-refractivity contribution in [3.8, 4) is 0 Å². The molecule has 0 radical (unpaired) electrons. The van der Waals surface area contributed by atoms with Gasteiger partial charge in [-0.3, -0.25) is 4.79 Å². The van der Waals surface area contributed by atoms with E-state index in [1.807, 2.05) is 0 Å². The first kappa shape index (κ1) is 13.1. The lowest BCUT2D eigenvalue weighted by Crippen LogP contribution is -2.52. The standard InChI is InChI=1S/C19H28O/c1-18-11-4-3-5-13(18)6-7-14-15-8-9-17(20)19(15,2)12-10-16(14)18/h3-4,13-16H,5-12H2,1-2H3/t13-,14-,15-,16-,18-,19+/m1/s1. The first-order chi connectivity index (χ1) is 9.56. The molecule has 0 saturated heterocycles. The Morgan fingerprint density at radius 3 is 2.75 bits per heavy atom. The molecule has 0 aromatic rings. The van der Waals surface area contributed by atoms with Gasteiger partial charge in [0.15, 0.2) is 0 Å². The van der Waals surface area contributed by atoms with Crippen LogP contribution in [0, 0.1) is 34.5 Å². The lowest BCUT2D eigenvalue weighted by Gasteiger charge is -2.58. The van der Waals surface area contributed by atoms with Crippen molar-refractivity contribution in [3.63, 3.8) is 0 Å². The van der Waals surface area contributed by atoms with E-state index < -0.39 is 0 Å². The van der Waals surface area contributed by atoms with Crippen LogP contribution in [0.2, 0.25) is 0 Å². The Kier molecular flexibility index (Phi) is 2.76. The second-order valence-corrected chi connectivity index (χ2v) is 8.49. The highest BCUT2D eigenvalue weighted by molar-refractivity contribution is 5.87. The minimum Gasteiger partial charge on any atom is -0.299 e. The molecule has 0 N–H and O–H groups in total. The van der Waals surface area contributed by atoms with Gasteiger partial charge < -0.3 is 0 Å². The Hall–Kier alpha value is -0.590. The van der Waals surface area contributed by atoms with Crippen molar-refractivity contribution in [2.24, 2.45) is 34.5 Å². The molecule has 0 unspecified atom stereocenters. The SMILES string of the molecule is C[C@@]12CC=CC[C@@H]1CC[C@H]1[C@H]2CC[C@]2(C)C(=O)CC[C@H]12. The van der Waals surface area contributed by atoms with Crippen LogP contribution in [0.15, 0.2) is 12.2 Å². The second-order valence-electron chi connectivity index (χ2n) is 8.49. The van der Waals surface area contributed by atoms with Gasteiger partial charge in [0.25, 0.3) is 0 Å². The number of fused-ring (bicyclic) bond motifs is 5. The van der Waals surface area contributed by atoms with E-state index in [2.05, 4.69) is 26.0 Å². The highest BCUT2D eigenvalue weighted by Gasteiger charge is 2.59. The van der Waals surface area contributed by atoms with Gasteiger partial charge >= 0.3 is 0 Å². The Balaban J connectivity index is 1.68. The van der Waals surface area contributed by atoms with Crippen LogP contribution in [0.1, 0.15) is 65.2 Å². The third-order valence-electron chi connectivity index (χ3n) is 7.92. The highest BCUT2D eigenvalue weighted by atomic mass is 16.1. The predicted octanol–water partition coefficient (Wildman–Crippen LogP) is 4.76. The summed E-state index contributed by atoms with van der Waals surface area (Å²) in [5, 5.41) is 0. The summed E-state index contributed by atoms with van der Waals surface area (Å²) < 4.78 is 0. The number of hydrogen-bond donors (Lipinski definition) is 0. The molecule has 0 heterocycles. The van der Waals surface area contributed by atoms with Crippen molar-refractivity contribution >= 4 is 5.78 Å². The zero-order chi connectivity index (χ0) is 14.0. The third kappa shape index (κ3) is 1.53. The summed E-state index contributed by atoms with van der Waals surface area (Å²) in [6.07, 6.45) is 14.8. The number of carbonyl (C=O) groups excluding carboxylic acids is 1. The third-order valence-corrected chi connectivity index (χ3v) is 7.92. The monoisotopic (exact) mass is 272 g/mol. The molecule has 0 aromatic heterocycles. The van der Waals surface area contributed by atoms with Crippen LogP contribution in [0.3, 0.4) is 0 Å². The van der Waals surface area contributed by atoms with Gasteiger partial charge in [-0.25, -0.2) is 0 Å². The minimum absolute atomic E-state index is 0.0505. The molecule has 6 atom stereocenters. The molecular weight excluding hydrogens is 244 g/mol. The molecule has 3 saturated carbocycles. The van der Waals surface area contributed by atoms with Crippen LogP contribution in [0.4, 0.5) is 0 Å². The average Bonchev–Trinajstić information content (AvgIpc) is 2.74. The van der Waals surface area contributed by atoms with Crippen LogP contribution in [0.25, 0.3) is 0 Å². The van der Waals surface area contributed by atoms with Crippen LogP contribution in [-0.4, -0.2) is 5.78 Å². The van der Waals surface area contributed by atoms with Crippen molar-refractivity contribution < 1.29 is 4.79 Å². The lowest BCUT2D eigenvalue weighted by atomic mass is 9.46. The fraction of sp³-hybridized carbons (Fsp3) is 0.842. The van der Waals surface area contributed by atoms with Crippen molar-refractivity contribution in [1.82, 2.24) is 0 Å². The first-order valence-electron chi connectivity index (χ1n) is 8.74. The quantitative estimate of drug-likeness (QED) is 0.581. The predicted molar refractivity (Wildman–Crippen MR) is 81.3 cm³/mol. The van der Waals surface area contributed by atoms with Crippen LogP contribution >= 0.6 is 0 Å². The number of ketones is 1. The summed E-state index contributed by atoms with van der Waals surface area (Å²) >= 11 is 0. The topological polar surface area (TPSA) is 17.1 Å². The molecule has 1 nitrogen and oxygen atoms in total. The summed E-state index contributed by atoms with van der Waals surface area (Å²) in [7, 11) is 0. The summed E-state index contributed by atoms with van der Waals surface area (Å²) in [5.74, 6) is 3.92. The van der Waals surface area contributed by atoms with Gasteiger partial charge in [0.05, 0.1) is 0 Å². The van der Waals surface area contributed by atoms with Gasteiger partial charge in [-0.2, -0.15) is 0 Å². The van der Waals surface area contributed by atoms with Gasteiger partial charge in [-0.05, 0) is 74.0 Å². The normalized spacial score (nSPS) is 54.2. The van der Waals surface area contributed by atoms with Crippen molar-refractivity contribution in [3.05, 3.63) is 12.2 Å². The van der Waals surface area contributed by atoms with E-state index in [4.69, 9.17) is 0 Å². The van der Waals surface area contributed by atoms with Gasteiger partial charge in [0, 0.05) is 11.8 Å². The molecule has 1 heteroatoms. The lowest BCUT2D eigenvalue weighted by molar-refractivity contribution is -0.136. The molecule has 110 valence electrons. The van der Waals surface area contributed by atoms with Gasteiger partial charge in [0.1, 0.15) is 5.78 Å². The van der Waals surface area contributed by atoms with Crippen molar-refractivity contribution in [2.75, 3.05) is 0 Å². The van der Waals surface area contributed by atoms with Gasteiger partial charge in [-0.15, -0.1) is 0 Å². The van der Waals surface area contributed by atoms with E-state index in [0.29, 0.717) is 17.1 Å². The van der Waals surface area contributed by atoms with E-state index in [9.17, 15) is 4.79 Å². The van der Waals surface area contributed by atoms with E-state index >= 15 is 0 Å². The van der Waals surface area contributed by atoms with Crippen LogP contribution < -0.4 is 0 Å². The Labute approximate surface area is 123 Å². The fourth-order valence-corrected chi connectivity index (χ4v) is 6.61. The molecule has 4 aliphatic rings. The zero-order valence-corrected chi connectivity index (χ0v) is 13.0. The summed E-state index contributed by atoms with van der Waals surface area (Å²) in [4.78, 5) is 12.4. The molecule has 3 fully saturated rings. The average molecular weight is 272 g/mol. The van der Waals surface area contributed by atoms with E-state index in [-0.39, 0.29) is 5.41 Å². The highest BCUT2D eigenvalue weighted by Crippen LogP contribution is 2.64. The Morgan fingerprint density at radius 1 is 1.05 bits per heavy atom. The minimum atomic E-state index is 0.0505. The number of rotatable bonds is 0. The molecule has 4 aliphatic carbocycles. The summed E-state index contributed by atoms with van der Waals surface area (Å²) in [6.45, 7) is 4.86. The number of hydrogen-bond acceptors (Lipinski definition) is 1. The maximum Gasteiger partial charge on any atom is 0.139 e. The van der Waals surface area contributed by atoms with Gasteiger partial charge in [0.2, 0.25) is 0 Å². The summed E-state index contributed by atoms with van der Waals surface area (Å²) in [6, 6.07) is 0. The zero-order valence-electron chi connectivity index (χ0n) is 13.0. The largest absolute Gasteiger partial charge is 0.299 e. The second kappa shape index (κ2) is 4.21. The van der Waals surface area contributed by atoms with E-state index in [1.165, 1.54) is 44.9 Å². The maximum absolute atomic E-state index is 12.4. The van der Waals surface area contributed by atoms with Crippen LogP contribution in [0.5, 0.6) is 0 Å². The molecule has 0 spiro atoms. The molecule has 0 aromatic carbocycles. The molecule has 0 amide bonds. The molecular formula is C19H28O. The molecule has 0 aliphatic heterocycles. The smallest absolute Gasteiger partial charge is 0.139 e. The van der Waals surface area contributed by atoms with Gasteiger partial charge in [-0.1, -0.05) is 26.0 Å². The fourth-order valence-electron chi connectivity index (χ4n) is 6.61. The maximum atomic E-state index is 12.4. The Bertz CT molecular complexity index is 464. The van der Waals surface area contributed by atoms with E-state index in [1.54, 1.807) is 0 Å². The van der Waals surface area contributed by atoms with Crippen molar-refractivity contribution in [1.29, 1.82) is 0 Å².